The molecule has 0 saturated carbocycles. The van der Waals surface area contributed by atoms with E-state index in [1.54, 1.807) is 30.1 Å². The molecule has 17 heavy (non-hydrogen) atoms. The lowest BCUT2D eigenvalue weighted by Gasteiger charge is -2.03. The Morgan fingerprint density at radius 2 is 2.24 bits per heavy atom. The summed E-state index contributed by atoms with van der Waals surface area (Å²) in [5, 5.41) is 6.64. The Morgan fingerprint density at radius 1 is 1.41 bits per heavy atom. The van der Waals surface area contributed by atoms with Gasteiger partial charge in [0.15, 0.2) is 0 Å². The average Bonchev–Trinajstić information content (AvgIpc) is 2.77. The van der Waals surface area contributed by atoms with E-state index in [9.17, 15) is 4.79 Å². The quantitative estimate of drug-likeness (QED) is 0.859. The van der Waals surface area contributed by atoms with Gasteiger partial charge in [0.05, 0.1) is 30.8 Å². The highest BCUT2D eigenvalue weighted by Crippen LogP contribution is 2.12. The number of ether oxygens (including phenoxy) is 1. The second-order valence-corrected chi connectivity index (χ2v) is 3.45. The summed E-state index contributed by atoms with van der Waals surface area (Å²) in [6, 6.07) is 3.40. The Labute approximate surface area is 98.2 Å². The zero-order chi connectivity index (χ0) is 12.3. The van der Waals surface area contributed by atoms with E-state index in [4.69, 9.17) is 4.74 Å². The van der Waals surface area contributed by atoms with Crippen LogP contribution in [0.4, 0.5) is 5.69 Å². The van der Waals surface area contributed by atoms with Crippen LogP contribution < -0.4 is 10.1 Å². The van der Waals surface area contributed by atoms with Gasteiger partial charge in [0.25, 0.3) is 5.91 Å². The lowest BCUT2D eigenvalue weighted by Crippen LogP contribution is -2.11. The number of nitrogens with one attached hydrogen (secondary N) is 1. The molecule has 0 aromatic carbocycles. The van der Waals surface area contributed by atoms with Crippen molar-refractivity contribution in [1.82, 2.24) is 14.8 Å². The van der Waals surface area contributed by atoms with Crippen LogP contribution in [0.1, 0.15) is 10.4 Å². The molecule has 6 heteroatoms. The minimum Gasteiger partial charge on any atom is -0.481 e. The number of rotatable bonds is 3. The van der Waals surface area contributed by atoms with Gasteiger partial charge in [0.2, 0.25) is 5.88 Å². The molecule has 2 aromatic rings. The van der Waals surface area contributed by atoms with Crippen LogP contribution in [0.2, 0.25) is 0 Å². The van der Waals surface area contributed by atoms with E-state index >= 15 is 0 Å². The topological polar surface area (TPSA) is 69.0 Å². The molecule has 6 nitrogen and oxygen atoms in total. The Balaban J connectivity index is 2.07. The van der Waals surface area contributed by atoms with E-state index in [-0.39, 0.29) is 5.91 Å². The minimum absolute atomic E-state index is 0.218. The molecular formula is C11H12N4O2. The van der Waals surface area contributed by atoms with E-state index in [0.29, 0.717) is 17.1 Å². The van der Waals surface area contributed by atoms with Gasteiger partial charge < -0.3 is 10.1 Å². The molecule has 0 unspecified atom stereocenters. The molecule has 0 aliphatic carbocycles. The van der Waals surface area contributed by atoms with Gasteiger partial charge in [-0.15, -0.1) is 0 Å². The highest BCUT2D eigenvalue weighted by Gasteiger charge is 2.08. The van der Waals surface area contributed by atoms with Crippen LogP contribution in [0.15, 0.2) is 30.7 Å². The number of carbonyl (C=O) groups is 1. The first kappa shape index (κ1) is 11.1. The van der Waals surface area contributed by atoms with Crippen molar-refractivity contribution in [2.45, 2.75) is 0 Å². The smallest absolute Gasteiger partial charge is 0.258 e. The van der Waals surface area contributed by atoms with Gasteiger partial charge in [0.1, 0.15) is 0 Å². The fourth-order valence-electron chi connectivity index (χ4n) is 1.32. The molecule has 0 radical (unpaired) electrons. The van der Waals surface area contributed by atoms with Crippen molar-refractivity contribution in [3.05, 3.63) is 36.3 Å². The summed E-state index contributed by atoms with van der Waals surface area (Å²) in [4.78, 5) is 15.7. The molecule has 2 rings (SSSR count). The van der Waals surface area contributed by atoms with Crippen LogP contribution >= 0.6 is 0 Å². The van der Waals surface area contributed by atoms with Gasteiger partial charge in [-0.2, -0.15) is 5.10 Å². The molecule has 0 fully saturated rings. The molecule has 0 saturated heterocycles. The molecule has 1 N–H and O–H groups in total. The van der Waals surface area contributed by atoms with Gasteiger partial charge in [-0.05, 0) is 6.07 Å². The van der Waals surface area contributed by atoms with E-state index in [0.717, 1.165) is 0 Å². The maximum atomic E-state index is 11.8. The summed E-state index contributed by atoms with van der Waals surface area (Å²) in [7, 11) is 3.29. The van der Waals surface area contributed by atoms with Crippen molar-refractivity contribution in [3.63, 3.8) is 0 Å². The van der Waals surface area contributed by atoms with Crippen LogP contribution in [0.25, 0.3) is 0 Å². The fraction of sp³-hybridized carbons (Fsp3) is 0.182. The highest BCUT2D eigenvalue weighted by molar-refractivity contribution is 6.03. The average molecular weight is 232 g/mol. The number of pyridine rings is 1. The van der Waals surface area contributed by atoms with Crippen molar-refractivity contribution in [1.29, 1.82) is 0 Å². The molecule has 0 atom stereocenters. The van der Waals surface area contributed by atoms with E-state index in [1.165, 1.54) is 19.5 Å². The predicted octanol–water partition coefficient (Wildman–Crippen LogP) is 1.08. The monoisotopic (exact) mass is 232 g/mol. The summed E-state index contributed by atoms with van der Waals surface area (Å²) in [5.74, 6) is 0.287. The summed E-state index contributed by atoms with van der Waals surface area (Å²) in [5.41, 5.74) is 1.11. The minimum atomic E-state index is -0.218. The molecule has 0 bridgehead atoms. The van der Waals surface area contributed by atoms with Crippen molar-refractivity contribution >= 4 is 11.6 Å². The van der Waals surface area contributed by atoms with Crippen molar-refractivity contribution in [2.75, 3.05) is 12.4 Å². The second kappa shape index (κ2) is 4.65. The van der Waals surface area contributed by atoms with Gasteiger partial charge in [-0.3, -0.25) is 9.48 Å². The number of nitrogens with zero attached hydrogens (tertiary/aromatic N) is 3. The standard InChI is InChI=1S/C11H12N4O2/c1-15-7-8(5-13-15)11(16)14-9-3-4-10(17-2)12-6-9/h3-7H,1-2H3,(H,14,16). The number of methoxy groups -OCH3 is 1. The molecule has 0 aliphatic heterocycles. The SMILES string of the molecule is COc1ccc(NC(=O)c2cnn(C)c2)cn1. The number of anilines is 1. The lowest BCUT2D eigenvalue weighted by atomic mass is 10.3. The number of aromatic nitrogens is 3. The van der Waals surface area contributed by atoms with Gasteiger partial charge >= 0.3 is 0 Å². The van der Waals surface area contributed by atoms with Crippen LogP contribution in [-0.2, 0) is 7.05 Å². The van der Waals surface area contributed by atoms with Crippen LogP contribution in [0.3, 0.4) is 0 Å². The third-order valence-electron chi connectivity index (χ3n) is 2.17. The number of amides is 1. The van der Waals surface area contributed by atoms with Crippen LogP contribution in [0, 0.1) is 0 Å². The van der Waals surface area contributed by atoms with Crippen LogP contribution in [-0.4, -0.2) is 27.8 Å². The predicted molar refractivity (Wildman–Crippen MR) is 62.0 cm³/mol. The third-order valence-corrected chi connectivity index (χ3v) is 2.17. The maximum Gasteiger partial charge on any atom is 0.258 e. The third kappa shape index (κ3) is 2.60. The highest BCUT2D eigenvalue weighted by atomic mass is 16.5. The molecule has 1 amide bonds. The lowest BCUT2D eigenvalue weighted by molar-refractivity contribution is 0.102. The van der Waals surface area contributed by atoms with Gasteiger partial charge in [0, 0.05) is 19.3 Å². The molecule has 88 valence electrons. The van der Waals surface area contributed by atoms with Crippen molar-refractivity contribution < 1.29 is 9.53 Å². The van der Waals surface area contributed by atoms with Gasteiger partial charge in [-0.25, -0.2) is 4.98 Å². The molecule has 2 heterocycles. The summed E-state index contributed by atoms with van der Waals surface area (Å²) >= 11 is 0. The Bertz CT molecular complexity index is 519. The zero-order valence-corrected chi connectivity index (χ0v) is 9.54. The Hall–Kier alpha value is -2.37. The molecule has 2 aromatic heterocycles. The number of hydrogen-bond acceptors (Lipinski definition) is 4. The first-order chi connectivity index (χ1) is 8.19. The number of aryl methyl sites for hydroxylation is 1. The maximum absolute atomic E-state index is 11.8. The Kier molecular flexibility index (Phi) is 3.04. The normalized spacial score (nSPS) is 10.0. The van der Waals surface area contributed by atoms with E-state index in [2.05, 4.69) is 15.4 Å². The largest absolute Gasteiger partial charge is 0.481 e. The number of hydrogen-bond donors (Lipinski definition) is 1. The molecule has 0 aliphatic rings. The first-order valence-corrected chi connectivity index (χ1v) is 4.99. The zero-order valence-electron chi connectivity index (χ0n) is 9.54. The molecule has 0 spiro atoms. The van der Waals surface area contributed by atoms with Crippen molar-refractivity contribution in [3.8, 4) is 5.88 Å². The molecular weight excluding hydrogens is 220 g/mol. The van der Waals surface area contributed by atoms with E-state index < -0.39 is 0 Å². The van der Waals surface area contributed by atoms with Gasteiger partial charge in [-0.1, -0.05) is 0 Å². The van der Waals surface area contributed by atoms with Crippen LogP contribution in [0.5, 0.6) is 5.88 Å². The van der Waals surface area contributed by atoms with E-state index in [1.807, 2.05) is 0 Å². The van der Waals surface area contributed by atoms with Crippen molar-refractivity contribution in [2.24, 2.45) is 7.05 Å². The summed E-state index contributed by atoms with van der Waals surface area (Å²) in [6.45, 7) is 0. The first-order valence-electron chi connectivity index (χ1n) is 4.99. The summed E-state index contributed by atoms with van der Waals surface area (Å²) in [6.07, 6.45) is 4.69. The fourth-order valence-corrected chi connectivity index (χ4v) is 1.32. The summed E-state index contributed by atoms with van der Waals surface area (Å²) < 4.78 is 6.50. The Morgan fingerprint density at radius 3 is 2.76 bits per heavy atom. The second-order valence-electron chi connectivity index (χ2n) is 3.45. The number of carbonyl (C=O) groups excluding carboxylic acids is 1.